The van der Waals surface area contributed by atoms with Gasteiger partial charge in [0.25, 0.3) is 5.91 Å². The van der Waals surface area contributed by atoms with Crippen molar-refractivity contribution >= 4 is 11.7 Å². The van der Waals surface area contributed by atoms with Crippen molar-refractivity contribution in [2.45, 2.75) is 76.8 Å². The third-order valence-electron chi connectivity index (χ3n) is 10.2. The maximum atomic E-state index is 13.8. The van der Waals surface area contributed by atoms with Crippen LogP contribution in [0.5, 0.6) is 6.01 Å². The molecule has 222 valence electrons. The molecule has 2 aromatic rings. The fourth-order valence-electron chi connectivity index (χ4n) is 7.70. The van der Waals surface area contributed by atoms with Crippen LogP contribution < -0.4 is 9.64 Å². The van der Waals surface area contributed by atoms with Gasteiger partial charge in [-0.05, 0) is 94.0 Å². The Morgan fingerprint density at radius 3 is 2.71 bits per heavy atom. The Labute approximate surface area is 248 Å². The van der Waals surface area contributed by atoms with E-state index in [2.05, 4.69) is 54.6 Å². The number of ether oxygens (including phenoxy) is 1. The molecule has 1 amide bonds. The van der Waals surface area contributed by atoms with Crippen molar-refractivity contribution in [1.29, 1.82) is 5.26 Å². The van der Waals surface area contributed by atoms with Gasteiger partial charge in [0.1, 0.15) is 12.4 Å². The predicted molar refractivity (Wildman–Crippen MR) is 159 cm³/mol. The molecule has 0 radical (unpaired) electrons. The predicted octanol–water partition coefficient (Wildman–Crippen LogP) is 4.34. The normalized spacial score (nSPS) is 25.6. The third-order valence-corrected chi connectivity index (χ3v) is 10.2. The summed E-state index contributed by atoms with van der Waals surface area (Å²) in [5, 5.41) is 9.50. The molecule has 4 aliphatic rings. The molecule has 0 saturated carbocycles. The van der Waals surface area contributed by atoms with E-state index in [1.54, 1.807) is 0 Å². The molecular formula is C33H41FN6O2. The Hall–Kier alpha value is -3.51. The summed E-state index contributed by atoms with van der Waals surface area (Å²) in [5.41, 5.74) is 6.73. The molecule has 6 rings (SSSR count). The summed E-state index contributed by atoms with van der Waals surface area (Å²) in [4.78, 5) is 28.4. The van der Waals surface area contributed by atoms with Gasteiger partial charge >= 0.3 is 6.01 Å². The number of carbonyl (C=O) groups excluding carboxylic acids is 1. The minimum Gasteiger partial charge on any atom is -0.462 e. The zero-order valence-electron chi connectivity index (χ0n) is 24.9. The summed E-state index contributed by atoms with van der Waals surface area (Å²) in [6.45, 7) is 8.23. The smallest absolute Gasteiger partial charge is 0.318 e. The van der Waals surface area contributed by atoms with Gasteiger partial charge in [-0.1, -0.05) is 24.8 Å². The zero-order valence-corrected chi connectivity index (χ0v) is 24.9. The number of benzene rings is 1. The molecule has 2 saturated heterocycles. The van der Waals surface area contributed by atoms with E-state index in [1.807, 2.05) is 0 Å². The van der Waals surface area contributed by atoms with Gasteiger partial charge in [0.15, 0.2) is 5.83 Å². The summed E-state index contributed by atoms with van der Waals surface area (Å²) in [5.74, 6) is -0.891. The maximum absolute atomic E-state index is 13.8. The highest BCUT2D eigenvalue weighted by atomic mass is 19.1. The Balaban J connectivity index is 1.31. The van der Waals surface area contributed by atoms with E-state index in [9.17, 15) is 14.4 Å². The van der Waals surface area contributed by atoms with Gasteiger partial charge in [-0.15, -0.1) is 0 Å². The van der Waals surface area contributed by atoms with E-state index >= 15 is 0 Å². The zero-order chi connectivity index (χ0) is 29.4. The molecule has 2 fully saturated rings. The number of nitriles is 1. The fourth-order valence-corrected chi connectivity index (χ4v) is 7.70. The number of hydrogen-bond acceptors (Lipinski definition) is 7. The van der Waals surface area contributed by atoms with Crippen LogP contribution in [0.3, 0.4) is 0 Å². The number of hydrogen-bond donors (Lipinski definition) is 0. The molecule has 8 nitrogen and oxygen atoms in total. The minimum atomic E-state index is -0.993. The number of amides is 1. The summed E-state index contributed by atoms with van der Waals surface area (Å²) in [6.07, 6.45) is 8.50. The van der Waals surface area contributed by atoms with Crippen molar-refractivity contribution in [3.05, 3.63) is 58.6 Å². The summed E-state index contributed by atoms with van der Waals surface area (Å²) < 4.78 is 20.1. The number of fused-ring (bicyclic) bond motifs is 2. The molecular weight excluding hydrogens is 531 g/mol. The molecule has 1 aromatic heterocycles. The molecule has 3 heterocycles. The van der Waals surface area contributed by atoms with E-state index < -0.39 is 17.8 Å². The molecule has 2 aliphatic heterocycles. The number of nitrogens with zero attached hydrogens (tertiary/aromatic N) is 6. The second kappa shape index (κ2) is 11.6. The van der Waals surface area contributed by atoms with Crippen LogP contribution in [-0.4, -0.2) is 77.6 Å². The van der Waals surface area contributed by atoms with Gasteiger partial charge in [0.2, 0.25) is 0 Å². The van der Waals surface area contributed by atoms with E-state index in [0.29, 0.717) is 38.3 Å². The number of piperazine rings is 1. The SMILES string of the molecule is C=C(F)C(=O)N1CCN(c2nc(OC[C@@H]3CCCN3C)nc3c2CC[C@@]2(CCc4c(C)cccc4C2)C3)C[C@@H]1CC#N. The highest BCUT2D eigenvalue weighted by Crippen LogP contribution is 2.47. The van der Waals surface area contributed by atoms with Crippen molar-refractivity contribution in [1.82, 2.24) is 19.8 Å². The second-order valence-corrected chi connectivity index (χ2v) is 12.8. The molecule has 2 aliphatic carbocycles. The number of aryl methyl sites for hydroxylation is 1. The van der Waals surface area contributed by atoms with Crippen molar-refractivity contribution in [3.63, 3.8) is 0 Å². The molecule has 0 N–H and O–H groups in total. The average Bonchev–Trinajstić information content (AvgIpc) is 3.39. The fraction of sp³-hybridized carbons (Fsp3) is 0.576. The largest absolute Gasteiger partial charge is 0.462 e. The van der Waals surface area contributed by atoms with Gasteiger partial charge in [-0.3, -0.25) is 4.79 Å². The maximum Gasteiger partial charge on any atom is 0.318 e. The molecule has 0 bridgehead atoms. The minimum absolute atomic E-state index is 0.113. The second-order valence-electron chi connectivity index (χ2n) is 12.8. The van der Waals surface area contributed by atoms with Crippen LogP contribution in [0.25, 0.3) is 0 Å². The first-order chi connectivity index (χ1) is 20.3. The number of likely N-dealkylation sites (N-methyl/N-ethyl adjacent to an activating group) is 1. The van der Waals surface area contributed by atoms with Crippen molar-refractivity contribution in [2.24, 2.45) is 5.41 Å². The first kappa shape index (κ1) is 28.6. The topological polar surface area (TPSA) is 85.6 Å². The quantitative estimate of drug-likeness (QED) is 0.476. The van der Waals surface area contributed by atoms with Gasteiger partial charge in [-0.2, -0.15) is 15.2 Å². The Morgan fingerprint density at radius 1 is 1.17 bits per heavy atom. The van der Waals surface area contributed by atoms with Crippen LogP contribution in [0.4, 0.5) is 10.2 Å². The Bertz CT molecular complexity index is 1420. The van der Waals surface area contributed by atoms with E-state index in [0.717, 1.165) is 68.6 Å². The monoisotopic (exact) mass is 572 g/mol. The number of carbonyl (C=O) groups is 1. The summed E-state index contributed by atoms with van der Waals surface area (Å²) in [6, 6.07) is 9.17. The molecule has 42 heavy (non-hydrogen) atoms. The molecule has 0 unspecified atom stereocenters. The van der Waals surface area contributed by atoms with Gasteiger partial charge < -0.3 is 19.4 Å². The summed E-state index contributed by atoms with van der Waals surface area (Å²) >= 11 is 0. The lowest BCUT2D eigenvalue weighted by atomic mass is 9.63. The van der Waals surface area contributed by atoms with E-state index in [1.165, 1.54) is 28.0 Å². The highest BCUT2D eigenvalue weighted by Gasteiger charge is 2.41. The van der Waals surface area contributed by atoms with Crippen molar-refractivity contribution < 1.29 is 13.9 Å². The van der Waals surface area contributed by atoms with Crippen LogP contribution in [0.1, 0.15) is 60.1 Å². The van der Waals surface area contributed by atoms with Crippen LogP contribution >= 0.6 is 0 Å². The van der Waals surface area contributed by atoms with Crippen LogP contribution in [0, 0.1) is 23.7 Å². The van der Waals surface area contributed by atoms with Crippen molar-refractivity contribution in [3.8, 4) is 12.1 Å². The van der Waals surface area contributed by atoms with Crippen LogP contribution in [0.15, 0.2) is 30.6 Å². The Kier molecular flexibility index (Phi) is 7.93. The Morgan fingerprint density at radius 2 is 1.98 bits per heavy atom. The first-order valence-electron chi connectivity index (χ1n) is 15.3. The lowest BCUT2D eigenvalue weighted by Crippen LogP contribution is -2.55. The van der Waals surface area contributed by atoms with Gasteiger partial charge in [-0.25, -0.2) is 4.39 Å². The summed E-state index contributed by atoms with van der Waals surface area (Å²) in [7, 11) is 2.13. The molecule has 9 heteroatoms. The molecule has 1 spiro atoms. The molecule has 3 atom stereocenters. The van der Waals surface area contributed by atoms with Gasteiger partial charge in [0, 0.05) is 31.2 Å². The lowest BCUT2D eigenvalue weighted by Gasteiger charge is -2.44. The number of halogens is 1. The number of likely N-dealkylation sites (tertiary alicyclic amines) is 1. The van der Waals surface area contributed by atoms with Crippen LogP contribution in [-0.2, 0) is 30.5 Å². The van der Waals surface area contributed by atoms with Crippen LogP contribution in [0.2, 0.25) is 0 Å². The lowest BCUT2D eigenvalue weighted by molar-refractivity contribution is -0.131. The standard InChI is InChI=1S/C33H41FN6O2/c1-22-6-4-7-24-18-33(12-9-27(22)24)13-10-28-29(19-33)36-32(42-21-26-8-5-15-38(26)3)37-30(28)39-16-17-40(31(41)23(2)34)25(20-39)11-14-35/h4,6-7,25-26H,2,5,8-13,15-21H2,1,3H3/t25-,26-,33+/m0/s1. The first-order valence-corrected chi connectivity index (χ1v) is 15.3. The number of anilines is 1. The van der Waals surface area contributed by atoms with Gasteiger partial charge in [0.05, 0.1) is 24.2 Å². The highest BCUT2D eigenvalue weighted by molar-refractivity contribution is 5.91. The number of aromatic nitrogens is 2. The van der Waals surface area contributed by atoms with E-state index in [-0.39, 0.29) is 11.8 Å². The van der Waals surface area contributed by atoms with E-state index in [4.69, 9.17) is 14.7 Å². The van der Waals surface area contributed by atoms with Crippen molar-refractivity contribution in [2.75, 3.05) is 44.7 Å². The average molecular weight is 573 g/mol. The molecule has 1 aromatic carbocycles. The number of rotatable bonds is 6. The third kappa shape index (κ3) is 5.49.